The molecule has 84 valence electrons. The monoisotopic (exact) mass is 274 g/mol. The Bertz CT molecular complexity index is 302. The molecular weight excluding hydrogens is 259 g/mol. The van der Waals surface area contributed by atoms with Crippen LogP contribution in [0.5, 0.6) is 5.75 Å². The van der Waals surface area contributed by atoms with Crippen LogP contribution >= 0.6 is 15.9 Å². The van der Waals surface area contributed by atoms with Crippen molar-refractivity contribution in [3.63, 3.8) is 0 Å². The summed E-state index contributed by atoms with van der Waals surface area (Å²) >= 11 is 3.26. The van der Waals surface area contributed by atoms with Crippen LogP contribution in [0.2, 0.25) is 0 Å². The Balaban J connectivity index is 2.31. The van der Waals surface area contributed by atoms with Gasteiger partial charge in [0.15, 0.2) is 0 Å². The predicted octanol–water partition coefficient (Wildman–Crippen LogP) is 4.55. The second kappa shape index (κ2) is 6.83. The summed E-state index contributed by atoms with van der Waals surface area (Å²) < 4.78 is 19.0. The third kappa shape index (κ3) is 4.65. The summed E-state index contributed by atoms with van der Waals surface area (Å²) in [6, 6.07) is 4.48. The van der Waals surface area contributed by atoms with Gasteiger partial charge in [0.1, 0.15) is 11.6 Å². The fourth-order valence-corrected chi connectivity index (χ4v) is 1.77. The van der Waals surface area contributed by atoms with E-state index in [0.29, 0.717) is 16.8 Å². The minimum absolute atomic E-state index is 0.250. The molecule has 0 unspecified atom stereocenters. The Kier molecular flexibility index (Phi) is 5.69. The van der Waals surface area contributed by atoms with Gasteiger partial charge in [-0.1, -0.05) is 26.2 Å². The maximum atomic E-state index is 12.8. The molecule has 0 aliphatic rings. The van der Waals surface area contributed by atoms with E-state index >= 15 is 0 Å². The third-order valence-corrected chi connectivity index (χ3v) is 2.77. The van der Waals surface area contributed by atoms with Crippen molar-refractivity contribution >= 4 is 15.9 Å². The summed E-state index contributed by atoms with van der Waals surface area (Å²) in [7, 11) is 0. The Morgan fingerprint density at radius 2 is 2.07 bits per heavy atom. The van der Waals surface area contributed by atoms with Gasteiger partial charge in [0.25, 0.3) is 0 Å². The highest BCUT2D eigenvalue weighted by Gasteiger charge is 2.01. The molecule has 0 N–H and O–H groups in total. The van der Waals surface area contributed by atoms with E-state index in [0.717, 1.165) is 6.42 Å². The Morgan fingerprint density at radius 3 is 2.73 bits per heavy atom. The molecule has 1 aromatic carbocycles. The molecule has 0 radical (unpaired) electrons. The van der Waals surface area contributed by atoms with Crippen molar-refractivity contribution in [2.75, 3.05) is 6.61 Å². The average molecular weight is 275 g/mol. The highest BCUT2D eigenvalue weighted by atomic mass is 79.9. The molecule has 1 aromatic rings. The molecule has 0 spiro atoms. The largest absolute Gasteiger partial charge is 0.492 e. The maximum Gasteiger partial charge on any atom is 0.133 e. The van der Waals surface area contributed by atoms with Crippen molar-refractivity contribution in [3.05, 3.63) is 28.5 Å². The molecule has 0 fully saturated rings. The topological polar surface area (TPSA) is 9.23 Å². The van der Waals surface area contributed by atoms with Crippen LogP contribution in [0.4, 0.5) is 4.39 Å². The van der Waals surface area contributed by atoms with Crippen LogP contribution in [-0.4, -0.2) is 6.61 Å². The van der Waals surface area contributed by atoms with E-state index in [1.165, 1.54) is 31.4 Å². The summed E-state index contributed by atoms with van der Waals surface area (Å²) in [4.78, 5) is 0. The van der Waals surface area contributed by atoms with E-state index in [-0.39, 0.29) is 5.82 Å². The molecule has 0 heterocycles. The number of hydrogen-bond donors (Lipinski definition) is 0. The fraction of sp³-hybridized carbons (Fsp3) is 0.500. The highest BCUT2D eigenvalue weighted by Crippen LogP contribution is 2.25. The lowest BCUT2D eigenvalue weighted by Gasteiger charge is -2.07. The molecule has 1 rings (SSSR count). The van der Waals surface area contributed by atoms with Gasteiger partial charge in [0.05, 0.1) is 11.1 Å². The SMILES string of the molecule is CCCCCCOc1ccc(F)cc1Br. The first kappa shape index (κ1) is 12.5. The summed E-state index contributed by atoms with van der Waals surface area (Å²) in [6.07, 6.45) is 4.71. The number of halogens is 2. The highest BCUT2D eigenvalue weighted by molar-refractivity contribution is 9.10. The zero-order valence-electron chi connectivity index (χ0n) is 8.93. The van der Waals surface area contributed by atoms with Crippen LogP contribution in [0.1, 0.15) is 32.6 Å². The predicted molar refractivity (Wildman–Crippen MR) is 63.7 cm³/mol. The van der Waals surface area contributed by atoms with E-state index in [4.69, 9.17) is 4.74 Å². The first-order valence-corrected chi connectivity index (χ1v) is 6.11. The standard InChI is InChI=1S/C12H16BrFO/c1-2-3-4-5-8-15-12-7-6-10(14)9-11(12)13/h6-7,9H,2-5,8H2,1H3. The molecular formula is C12H16BrFO. The van der Waals surface area contributed by atoms with E-state index < -0.39 is 0 Å². The molecule has 1 nitrogen and oxygen atoms in total. The first-order chi connectivity index (χ1) is 7.24. The zero-order chi connectivity index (χ0) is 11.1. The number of rotatable bonds is 6. The Labute approximate surface area is 98.8 Å². The zero-order valence-corrected chi connectivity index (χ0v) is 10.5. The summed E-state index contributed by atoms with van der Waals surface area (Å²) in [5.74, 6) is 0.466. The van der Waals surface area contributed by atoms with Gasteiger partial charge in [-0.05, 0) is 40.5 Å². The van der Waals surface area contributed by atoms with Crippen molar-refractivity contribution in [2.24, 2.45) is 0 Å². The normalized spacial score (nSPS) is 10.3. The van der Waals surface area contributed by atoms with Gasteiger partial charge in [-0.25, -0.2) is 4.39 Å². The minimum Gasteiger partial charge on any atom is -0.492 e. The third-order valence-electron chi connectivity index (χ3n) is 2.15. The van der Waals surface area contributed by atoms with Gasteiger partial charge in [-0.3, -0.25) is 0 Å². The first-order valence-electron chi connectivity index (χ1n) is 5.32. The molecule has 3 heteroatoms. The van der Waals surface area contributed by atoms with Gasteiger partial charge < -0.3 is 4.74 Å². The number of benzene rings is 1. The molecule has 0 saturated heterocycles. The lowest BCUT2D eigenvalue weighted by atomic mass is 10.2. The lowest BCUT2D eigenvalue weighted by molar-refractivity contribution is 0.303. The molecule has 0 atom stereocenters. The fourth-order valence-electron chi connectivity index (χ4n) is 1.30. The molecule has 0 aliphatic carbocycles. The van der Waals surface area contributed by atoms with Crippen LogP contribution in [0, 0.1) is 5.82 Å². The van der Waals surface area contributed by atoms with Crippen LogP contribution in [0.3, 0.4) is 0 Å². The van der Waals surface area contributed by atoms with Crippen molar-refractivity contribution in [1.29, 1.82) is 0 Å². The van der Waals surface area contributed by atoms with Crippen molar-refractivity contribution in [2.45, 2.75) is 32.6 Å². The smallest absolute Gasteiger partial charge is 0.133 e. The number of ether oxygens (including phenoxy) is 1. The maximum absolute atomic E-state index is 12.8. The van der Waals surface area contributed by atoms with E-state index in [9.17, 15) is 4.39 Å². The van der Waals surface area contributed by atoms with Gasteiger partial charge in [-0.15, -0.1) is 0 Å². The van der Waals surface area contributed by atoms with Crippen molar-refractivity contribution in [1.82, 2.24) is 0 Å². The van der Waals surface area contributed by atoms with Crippen LogP contribution in [0.15, 0.2) is 22.7 Å². The van der Waals surface area contributed by atoms with E-state index in [1.54, 1.807) is 6.07 Å². The van der Waals surface area contributed by atoms with E-state index in [1.807, 2.05) is 0 Å². The lowest BCUT2D eigenvalue weighted by Crippen LogP contribution is -1.98. The van der Waals surface area contributed by atoms with Gasteiger partial charge in [0.2, 0.25) is 0 Å². The summed E-state index contributed by atoms with van der Waals surface area (Å²) in [5, 5.41) is 0. The minimum atomic E-state index is -0.250. The van der Waals surface area contributed by atoms with Crippen molar-refractivity contribution in [3.8, 4) is 5.75 Å². The molecule has 15 heavy (non-hydrogen) atoms. The molecule has 0 amide bonds. The van der Waals surface area contributed by atoms with Gasteiger partial charge in [0, 0.05) is 0 Å². The molecule has 0 bridgehead atoms. The van der Waals surface area contributed by atoms with Gasteiger partial charge >= 0.3 is 0 Å². The Morgan fingerprint density at radius 1 is 1.27 bits per heavy atom. The molecule has 0 aromatic heterocycles. The van der Waals surface area contributed by atoms with Crippen LogP contribution in [-0.2, 0) is 0 Å². The summed E-state index contributed by atoms with van der Waals surface area (Å²) in [6.45, 7) is 2.88. The Hall–Kier alpha value is -0.570. The van der Waals surface area contributed by atoms with Crippen molar-refractivity contribution < 1.29 is 9.13 Å². The van der Waals surface area contributed by atoms with Crippen LogP contribution in [0.25, 0.3) is 0 Å². The second-order valence-electron chi connectivity index (χ2n) is 3.48. The average Bonchev–Trinajstić information content (AvgIpc) is 2.20. The quantitative estimate of drug-likeness (QED) is 0.692. The summed E-state index contributed by atoms with van der Waals surface area (Å²) in [5.41, 5.74) is 0. The number of hydrogen-bond acceptors (Lipinski definition) is 1. The molecule has 0 saturated carbocycles. The van der Waals surface area contributed by atoms with Crippen LogP contribution < -0.4 is 4.74 Å². The number of unbranched alkanes of at least 4 members (excludes halogenated alkanes) is 3. The molecule has 0 aliphatic heterocycles. The van der Waals surface area contributed by atoms with E-state index in [2.05, 4.69) is 22.9 Å². The van der Waals surface area contributed by atoms with Gasteiger partial charge in [-0.2, -0.15) is 0 Å². The second-order valence-corrected chi connectivity index (χ2v) is 4.34.